The van der Waals surface area contributed by atoms with Gasteiger partial charge in [-0.05, 0) is 24.3 Å². The second kappa shape index (κ2) is 4.68. The zero-order chi connectivity index (χ0) is 12.3. The topological polar surface area (TPSA) is 87.6 Å². The quantitative estimate of drug-likeness (QED) is 0.848. The minimum absolute atomic E-state index is 0.144. The Morgan fingerprint density at radius 1 is 1.29 bits per heavy atom. The number of halogens is 1. The first-order chi connectivity index (χ1) is 8.19. The zero-order valence-corrected chi connectivity index (χ0v) is 9.44. The van der Waals surface area contributed by atoms with Crippen LogP contribution < -0.4 is 11.1 Å². The van der Waals surface area contributed by atoms with E-state index in [0.29, 0.717) is 16.4 Å². The van der Waals surface area contributed by atoms with Gasteiger partial charge in [0.15, 0.2) is 5.82 Å². The average Bonchev–Trinajstić information content (AvgIpc) is 2.35. The maximum atomic E-state index is 8.67. The summed E-state index contributed by atoms with van der Waals surface area (Å²) in [5.41, 5.74) is 6.82. The average molecular weight is 246 g/mol. The van der Waals surface area contributed by atoms with E-state index in [-0.39, 0.29) is 5.95 Å². The molecular formula is C11H8ClN5. The van der Waals surface area contributed by atoms with Crippen molar-refractivity contribution in [1.29, 1.82) is 5.26 Å². The molecule has 5 nitrogen and oxygen atoms in total. The van der Waals surface area contributed by atoms with Crippen LogP contribution >= 0.6 is 11.6 Å². The lowest BCUT2D eigenvalue weighted by molar-refractivity contribution is 1.18. The lowest BCUT2D eigenvalue weighted by atomic mass is 10.2. The number of hydrogen-bond acceptors (Lipinski definition) is 5. The number of nitrogens with two attached hydrogens (primary N) is 1. The molecule has 1 aromatic heterocycles. The Bertz CT molecular complexity index is 573. The maximum absolute atomic E-state index is 8.67. The van der Waals surface area contributed by atoms with E-state index >= 15 is 0 Å². The molecule has 0 saturated heterocycles. The monoisotopic (exact) mass is 245 g/mol. The Kier molecular flexibility index (Phi) is 3.08. The highest BCUT2D eigenvalue weighted by molar-refractivity contribution is 6.32. The number of anilines is 3. The second-order valence-corrected chi connectivity index (χ2v) is 3.65. The van der Waals surface area contributed by atoms with Crippen molar-refractivity contribution in [3.05, 3.63) is 41.0 Å². The molecule has 0 spiro atoms. The molecule has 1 aromatic carbocycles. The predicted octanol–water partition coefficient (Wildman–Crippen LogP) is 2.33. The number of nitrogens with one attached hydrogen (secondary N) is 1. The number of nitriles is 1. The smallest absolute Gasteiger partial charge is 0.222 e. The number of hydrogen-bond donors (Lipinski definition) is 2. The first-order valence-corrected chi connectivity index (χ1v) is 5.12. The Morgan fingerprint density at radius 3 is 2.65 bits per heavy atom. The van der Waals surface area contributed by atoms with Gasteiger partial charge < -0.3 is 11.1 Å². The van der Waals surface area contributed by atoms with Gasteiger partial charge in [-0.15, -0.1) is 0 Å². The third kappa shape index (κ3) is 2.62. The lowest BCUT2D eigenvalue weighted by Crippen LogP contribution is -2.00. The predicted molar refractivity (Wildman–Crippen MR) is 65.9 cm³/mol. The molecule has 0 saturated carbocycles. The molecule has 0 unspecified atom stereocenters. The van der Waals surface area contributed by atoms with Gasteiger partial charge in [0.05, 0.1) is 17.8 Å². The minimum Gasteiger partial charge on any atom is -0.368 e. The molecule has 0 fully saturated rings. The Labute approximate surface area is 103 Å². The molecule has 2 rings (SSSR count). The van der Waals surface area contributed by atoms with Gasteiger partial charge in [-0.25, -0.2) is 4.98 Å². The molecule has 84 valence electrons. The van der Waals surface area contributed by atoms with Gasteiger partial charge in [0, 0.05) is 5.69 Å². The highest BCUT2D eigenvalue weighted by atomic mass is 35.5. The van der Waals surface area contributed by atoms with E-state index in [1.54, 1.807) is 24.3 Å². The van der Waals surface area contributed by atoms with E-state index in [1.807, 2.05) is 6.07 Å². The highest BCUT2D eigenvalue weighted by Gasteiger charge is 2.03. The summed E-state index contributed by atoms with van der Waals surface area (Å²) >= 11 is 5.91. The summed E-state index contributed by atoms with van der Waals surface area (Å²) in [6.07, 6.45) is 1.43. The fraction of sp³-hybridized carbons (Fsp3) is 0. The molecule has 0 aliphatic carbocycles. The van der Waals surface area contributed by atoms with Gasteiger partial charge in [-0.2, -0.15) is 10.2 Å². The molecule has 0 atom stereocenters. The van der Waals surface area contributed by atoms with E-state index in [2.05, 4.69) is 15.3 Å². The SMILES string of the molecule is N#Cc1ccc(Nc2nc(N)ncc2Cl)cc1. The van der Waals surface area contributed by atoms with Crippen molar-refractivity contribution in [3.63, 3.8) is 0 Å². The van der Waals surface area contributed by atoms with Crippen LogP contribution in [0, 0.1) is 11.3 Å². The number of benzene rings is 1. The van der Waals surface area contributed by atoms with Crippen molar-refractivity contribution in [2.24, 2.45) is 0 Å². The van der Waals surface area contributed by atoms with Crippen LogP contribution in [0.5, 0.6) is 0 Å². The van der Waals surface area contributed by atoms with Crippen LogP contribution in [-0.2, 0) is 0 Å². The maximum Gasteiger partial charge on any atom is 0.222 e. The number of aromatic nitrogens is 2. The molecule has 2 aromatic rings. The fourth-order valence-electron chi connectivity index (χ4n) is 1.23. The Hall–Kier alpha value is -2.32. The molecule has 17 heavy (non-hydrogen) atoms. The minimum atomic E-state index is 0.144. The van der Waals surface area contributed by atoms with Gasteiger partial charge in [0.1, 0.15) is 5.02 Å². The van der Waals surface area contributed by atoms with Gasteiger partial charge in [0.2, 0.25) is 5.95 Å². The third-order valence-electron chi connectivity index (χ3n) is 2.04. The molecular weight excluding hydrogens is 238 g/mol. The number of nitrogen functional groups attached to an aromatic ring is 1. The van der Waals surface area contributed by atoms with Crippen molar-refractivity contribution >= 4 is 29.1 Å². The Balaban J connectivity index is 2.25. The van der Waals surface area contributed by atoms with Crippen LogP contribution in [0.15, 0.2) is 30.5 Å². The molecule has 0 bridgehead atoms. The van der Waals surface area contributed by atoms with E-state index in [4.69, 9.17) is 22.6 Å². The molecule has 0 aliphatic heterocycles. The summed E-state index contributed by atoms with van der Waals surface area (Å²) in [4.78, 5) is 7.73. The van der Waals surface area contributed by atoms with E-state index < -0.39 is 0 Å². The molecule has 6 heteroatoms. The summed E-state index contributed by atoms with van der Waals surface area (Å²) in [6, 6.07) is 8.94. The fourth-order valence-corrected chi connectivity index (χ4v) is 1.37. The first kappa shape index (κ1) is 11.2. The summed E-state index contributed by atoms with van der Waals surface area (Å²) in [5.74, 6) is 0.578. The van der Waals surface area contributed by atoms with Crippen LogP contribution in [0.2, 0.25) is 5.02 Å². The van der Waals surface area contributed by atoms with E-state index in [9.17, 15) is 0 Å². The molecule has 0 amide bonds. The van der Waals surface area contributed by atoms with Gasteiger partial charge >= 0.3 is 0 Å². The Morgan fingerprint density at radius 2 is 2.00 bits per heavy atom. The van der Waals surface area contributed by atoms with Gasteiger partial charge in [-0.3, -0.25) is 0 Å². The van der Waals surface area contributed by atoms with Crippen LogP contribution in [-0.4, -0.2) is 9.97 Å². The lowest BCUT2D eigenvalue weighted by Gasteiger charge is -2.07. The molecule has 0 radical (unpaired) electrons. The van der Waals surface area contributed by atoms with Crippen molar-refractivity contribution in [1.82, 2.24) is 9.97 Å². The highest BCUT2D eigenvalue weighted by Crippen LogP contribution is 2.22. The second-order valence-electron chi connectivity index (χ2n) is 3.24. The van der Waals surface area contributed by atoms with E-state index in [0.717, 1.165) is 5.69 Å². The van der Waals surface area contributed by atoms with Crippen molar-refractivity contribution in [3.8, 4) is 6.07 Å². The standard InChI is InChI=1S/C11H8ClN5/c12-9-6-15-11(14)17-10(9)16-8-3-1-7(5-13)2-4-8/h1-4,6H,(H3,14,15,16,17). The van der Waals surface area contributed by atoms with Crippen molar-refractivity contribution in [2.45, 2.75) is 0 Å². The summed E-state index contributed by atoms with van der Waals surface area (Å²) in [7, 11) is 0. The van der Waals surface area contributed by atoms with Crippen LogP contribution in [0.25, 0.3) is 0 Å². The van der Waals surface area contributed by atoms with Gasteiger partial charge in [0.25, 0.3) is 0 Å². The van der Waals surface area contributed by atoms with Crippen LogP contribution in [0.3, 0.4) is 0 Å². The van der Waals surface area contributed by atoms with Crippen LogP contribution in [0.1, 0.15) is 5.56 Å². The summed E-state index contributed by atoms with van der Waals surface area (Å²) in [5, 5.41) is 12.0. The largest absolute Gasteiger partial charge is 0.368 e. The molecule has 0 aliphatic rings. The third-order valence-corrected chi connectivity index (χ3v) is 2.32. The molecule has 3 N–H and O–H groups in total. The van der Waals surface area contributed by atoms with E-state index in [1.165, 1.54) is 6.20 Å². The van der Waals surface area contributed by atoms with Crippen LogP contribution in [0.4, 0.5) is 17.5 Å². The zero-order valence-electron chi connectivity index (χ0n) is 8.68. The number of rotatable bonds is 2. The van der Waals surface area contributed by atoms with Gasteiger partial charge in [-0.1, -0.05) is 11.6 Å². The molecule has 1 heterocycles. The van der Waals surface area contributed by atoms with Crippen molar-refractivity contribution < 1.29 is 0 Å². The first-order valence-electron chi connectivity index (χ1n) is 4.74. The van der Waals surface area contributed by atoms with Crippen molar-refractivity contribution in [2.75, 3.05) is 11.1 Å². The summed E-state index contributed by atoms with van der Waals surface area (Å²) < 4.78 is 0. The number of nitrogens with zero attached hydrogens (tertiary/aromatic N) is 3. The normalized spacial score (nSPS) is 9.65. The summed E-state index contributed by atoms with van der Waals surface area (Å²) in [6.45, 7) is 0.